The van der Waals surface area contributed by atoms with E-state index in [0.29, 0.717) is 34.9 Å². The van der Waals surface area contributed by atoms with E-state index in [1.807, 2.05) is 108 Å². The molecule has 0 aliphatic rings. The van der Waals surface area contributed by atoms with Gasteiger partial charge in [-0.2, -0.15) is 0 Å². The van der Waals surface area contributed by atoms with E-state index in [1.165, 1.54) is 78.6 Å². The first-order valence-electron chi connectivity index (χ1n) is 45.6. The number of thiophene rings is 2. The minimum Gasteiger partial charge on any atom is -0.309 e. The Hall–Kier alpha value is -17.7. The topological polar surface area (TPSA) is 113 Å². The van der Waals surface area contributed by atoms with Crippen LogP contribution in [0.5, 0.6) is 0 Å². The summed E-state index contributed by atoms with van der Waals surface area (Å²) in [6, 6.07) is 162. The van der Waals surface area contributed by atoms with Crippen molar-refractivity contribution in [2.24, 2.45) is 0 Å². The lowest BCUT2D eigenvalue weighted by Crippen LogP contribution is -2.02. The SMILES string of the molecule is c1ccc(-c2nc(-c3ccccc3)nc(-c3cc(-c4c(-c5ccccc5)cccc4-c4ccccc4)cnc3-c3ccc4sc5ccc6c7ccccc7n(-c7ccccc7)c6c5c4c3)n2)cc1.c1ccc(-c2nc(-c3ccccc3)nc(-c3cc(-c4c(-c5ccccc5)cccc4-c4ccccc4)cnc3-c3cccc4sc5ccc6c7ccccc7n(-c7ccccc7)c6c5c34)n2)cc1. The number of aromatic nitrogens is 10. The molecule has 0 amide bonds. The number of rotatable bonds is 16. The summed E-state index contributed by atoms with van der Waals surface area (Å²) in [7, 11) is 0. The molecule has 26 aromatic rings. The van der Waals surface area contributed by atoms with E-state index in [4.69, 9.17) is 39.9 Å². The number of para-hydroxylation sites is 4. The van der Waals surface area contributed by atoms with Gasteiger partial charge in [0.2, 0.25) is 0 Å². The predicted molar refractivity (Wildman–Crippen MR) is 566 cm³/mol. The first-order valence-corrected chi connectivity index (χ1v) is 47.2. The third-order valence-corrected chi connectivity index (χ3v) is 28.1. The lowest BCUT2D eigenvalue weighted by molar-refractivity contribution is 1.07. The number of benzene rings is 18. The van der Waals surface area contributed by atoms with Crippen molar-refractivity contribution < 1.29 is 0 Å². The summed E-state index contributed by atoms with van der Waals surface area (Å²) in [5.74, 6) is 3.46. The van der Waals surface area contributed by atoms with Crippen LogP contribution in [0.15, 0.2) is 473 Å². The molecule has 0 atom stereocenters. The molecule has 8 heterocycles. The molecule has 136 heavy (non-hydrogen) atoms. The highest BCUT2D eigenvalue weighted by Gasteiger charge is 2.29. The number of fused-ring (bicyclic) bond motifs is 14. The third-order valence-electron chi connectivity index (χ3n) is 25.8. The van der Waals surface area contributed by atoms with Crippen LogP contribution < -0.4 is 0 Å². The van der Waals surface area contributed by atoms with Crippen molar-refractivity contribution in [2.75, 3.05) is 0 Å². The van der Waals surface area contributed by atoms with Crippen LogP contribution in [-0.2, 0) is 0 Å². The molecule has 12 heteroatoms. The van der Waals surface area contributed by atoms with Crippen molar-refractivity contribution in [3.63, 3.8) is 0 Å². The van der Waals surface area contributed by atoms with Crippen molar-refractivity contribution in [1.82, 2.24) is 49.0 Å². The summed E-state index contributed by atoms with van der Waals surface area (Å²) in [4.78, 5) is 42.8. The maximum absolute atomic E-state index is 5.61. The van der Waals surface area contributed by atoms with E-state index in [2.05, 4.69) is 397 Å². The van der Waals surface area contributed by atoms with Crippen LogP contribution in [0.2, 0.25) is 0 Å². The van der Waals surface area contributed by atoms with Gasteiger partial charge in [-0.3, -0.25) is 9.97 Å². The zero-order valence-electron chi connectivity index (χ0n) is 73.3. The van der Waals surface area contributed by atoms with Gasteiger partial charge in [0.15, 0.2) is 34.9 Å². The van der Waals surface area contributed by atoms with Crippen LogP contribution in [0.25, 0.3) is 253 Å². The average molecular weight is 1770 g/mol. The maximum Gasteiger partial charge on any atom is 0.166 e. The summed E-state index contributed by atoms with van der Waals surface area (Å²) in [6.45, 7) is 0. The van der Waals surface area contributed by atoms with Crippen LogP contribution in [0, 0.1) is 0 Å². The normalized spacial score (nSPS) is 11.5. The lowest BCUT2D eigenvalue weighted by Gasteiger charge is -2.18. The summed E-state index contributed by atoms with van der Waals surface area (Å²) in [6.07, 6.45) is 4.08. The summed E-state index contributed by atoms with van der Waals surface area (Å²) in [5, 5.41) is 9.62. The highest BCUT2D eigenvalue weighted by Crippen LogP contribution is 2.52. The highest BCUT2D eigenvalue weighted by molar-refractivity contribution is 7.26. The zero-order chi connectivity index (χ0) is 89.9. The second-order valence-electron chi connectivity index (χ2n) is 33.9. The Morgan fingerprint density at radius 2 is 0.485 bits per heavy atom. The van der Waals surface area contributed by atoms with Crippen molar-refractivity contribution in [1.29, 1.82) is 0 Å². The van der Waals surface area contributed by atoms with E-state index in [9.17, 15) is 0 Å². The fourth-order valence-electron chi connectivity index (χ4n) is 19.7. The van der Waals surface area contributed by atoms with Gasteiger partial charge in [-0.25, -0.2) is 29.9 Å². The quantitative estimate of drug-likeness (QED) is 0.0940. The molecular weight excluding hydrogens is 1690 g/mol. The van der Waals surface area contributed by atoms with E-state index in [-0.39, 0.29) is 0 Å². The van der Waals surface area contributed by atoms with Crippen molar-refractivity contribution in [3.8, 4) is 169 Å². The third kappa shape index (κ3) is 14.4. The van der Waals surface area contributed by atoms with Gasteiger partial charge >= 0.3 is 0 Å². The highest BCUT2D eigenvalue weighted by atomic mass is 32.1. The lowest BCUT2D eigenvalue weighted by atomic mass is 9.87. The predicted octanol–water partition coefficient (Wildman–Crippen LogP) is 32.8. The van der Waals surface area contributed by atoms with Gasteiger partial charge in [-0.1, -0.05) is 382 Å². The van der Waals surface area contributed by atoms with E-state index in [1.54, 1.807) is 0 Å². The molecule has 10 nitrogen and oxygen atoms in total. The van der Waals surface area contributed by atoms with Gasteiger partial charge in [0.05, 0.1) is 33.5 Å². The molecule has 18 aromatic carbocycles. The minimum absolute atomic E-state index is 0.542. The molecule has 0 aliphatic heterocycles. The number of pyridine rings is 2. The zero-order valence-corrected chi connectivity index (χ0v) is 75.0. The summed E-state index contributed by atoms with van der Waals surface area (Å²) >= 11 is 3.64. The van der Waals surface area contributed by atoms with Crippen LogP contribution >= 0.6 is 22.7 Å². The van der Waals surface area contributed by atoms with Gasteiger partial charge in [0, 0.05) is 141 Å². The summed E-state index contributed by atoms with van der Waals surface area (Å²) < 4.78 is 9.69. The second kappa shape index (κ2) is 34.6. The molecule has 0 aliphatic carbocycles. The molecule has 8 aromatic heterocycles. The smallest absolute Gasteiger partial charge is 0.166 e. The molecule has 0 saturated carbocycles. The van der Waals surface area contributed by atoms with Gasteiger partial charge in [0.1, 0.15) is 0 Å². The molecule has 26 rings (SSSR count). The Kier molecular flexibility index (Phi) is 20.4. The number of nitrogens with zero attached hydrogens (tertiary/aromatic N) is 10. The molecule has 0 saturated heterocycles. The van der Waals surface area contributed by atoms with Crippen LogP contribution in [0.4, 0.5) is 0 Å². The molecule has 0 bridgehead atoms. The Balaban J connectivity index is 0.000000145. The maximum atomic E-state index is 5.61. The molecule has 0 spiro atoms. The molecule has 0 fully saturated rings. The molecule has 0 radical (unpaired) electrons. The Morgan fingerprint density at radius 3 is 0.897 bits per heavy atom. The van der Waals surface area contributed by atoms with Crippen molar-refractivity contribution in [3.05, 3.63) is 473 Å². The van der Waals surface area contributed by atoms with Crippen molar-refractivity contribution in [2.45, 2.75) is 0 Å². The Morgan fingerprint density at radius 1 is 0.176 bits per heavy atom. The van der Waals surface area contributed by atoms with Gasteiger partial charge in [-0.15, -0.1) is 22.7 Å². The largest absolute Gasteiger partial charge is 0.309 e. The molecule has 0 unspecified atom stereocenters. The van der Waals surface area contributed by atoms with Gasteiger partial charge in [0.25, 0.3) is 0 Å². The van der Waals surface area contributed by atoms with Crippen LogP contribution in [0.1, 0.15) is 0 Å². The number of hydrogen-bond acceptors (Lipinski definition) is 10. The fourth-order valence-corrected chi connectivity index (χ4v) is 21.9. The van der Waals surface area contributed by atoms with E-state index < -0.39 is 0 Å². The average Bonchev–Trinajstić information content (AvgIpc) is 1.55. The first-order chi connectivity index (χ1) is 67.5. The fraction of sp³-hybridized carbons (Fsp3) is 0. The summed E-state index contributed by atoms with van der Waals surface area (Å²) in [5.41, 5.74) is 28.8. The van der Waals surface area contributed by atoms with Crippen molar-refractivity contribution >= 4 is 107 Å². The molecule has 0 N–H and O–H groups in total. The first kappa shape index (κ1) is 80.4. The monoisotopic (exact) mass is 1770 g/mol. The molecular formula is C124H78N10S2. The van der Waals surface area contributed by atoms with E-state index in [0.717, 1.165) is 139 Å². The number of hydrogen-bond donors (Lipinski definition) is 0. The van der Waals surface area contributed by atoms with Crippen LogP contribution in [-0.4, -0.2) is 49.0 Å². The second-order valence-corrected chi connectivity index (χ2v) is 36.0. The van der Waals surface area contributed by atoms with E-state index >= 15 is 0 Å². The molecule has 636 valence electrons. The minimum atomic E-state index is 0.542. The Labute approximate surface area is 792 Å². The van der Waals surface area contributed by atoms with Crippen LogP contribution in [0.3, 0.4) is 0 Å². The Bertz CT molecular complexity index is 8820. The van der Waals surface area contributed by atoms with Gasteiger partial charge < -0.3 is 9.13 Å². The standard InChI is InChI=1S/2C62H39N5S/c1-6-20-40(21-7-1)46-31-18-32-47(41-22-8-2-9-23-41)55(46)44-38-51(62-65-60(42-24-10-3-11-25-42)64-61(66-62)43-26-12-4-13-27-43)58(63-39-44)50-33-19-35-53-56(50)57-54(68-53)37-36-49-48-30-16-17-34-52(48)67(59(49)57)45-28-14-5-15-29-45;1-6-19-40(20-7-1)47-30-18-31-48(41-21-8-2-9-22-41)56(47)45-38-52(62-65-60(42-23-10-3-11-24-42)64-61(66-62)43-25-12-4-13-26-43)58(63-39-45)44-33-35-54-51(37-44)57-55(68-54)36-34-50-49-29-16-17-32-53(49)67(59(50)57)46-27-14-5-15-28-46/h2*1-39H. The van der Waals surface area contributed by atoms with Gasteiger partial charge in [-0.05, 0) is 134 Å².